The molecule has 2 heterocycles. The van der Waals surface area contributed by atoms with Gasteiger partial charge in [-0.15, -0.1) is 11.3 Å². The second-order valence-electron chi connectivity index (χ2n) is 3.37. The van der Waals surface area contributed by atoms with Gasteiger partial charge in [0.2, 0.25) is 0 Å². The fourth-order valence-electron chi connectivity index (χ4n) is 1.27. The molecule has 0 saturated carbocycles. The molecule has 5 nitrogen and oxygen atoms in total. The number of thiophene rings is 1. The average molecular weight is 281 g/mol. The van der Waals surface area contributed by atoms with Gasteiger partial charge in [-0.25, -0.2) is 14.8 Å². The van der Waals surface area contributed by atoms with Gasteiger partial charge in [0, 0.05) is 16.0 Å². The highest BCUT2D eigenvalue weighted by Gasteiger charge is 2.12. The van der Waals surface area contributed by atoms with E-state index >= 15 is 0 Å². The van der Waals surface area contributed by atoms with Crippen LogP contribution in [0.4, 0.5) is 4.79 Å². The summed E-state index contributed by atoms with van der Waals surface area (Å²) in [5, 5.41) is 12.6. The van der Waals surface area contributed by atoms with Crippen molar-refractivity contribution in [2.75, 3.05) is 0 Å². The second-order valence-corrected chi connectivity index (χ2v) is 5.44. The topological polar surface area (TPSA) is 79.5 Å². The lowest BCUT2D eigenvalue weighted by molar-refractivity contribution is -0.0467. The van der Waals surface area contributed by atoms with Gasteiger partial charge in [-0.2, -0.15) is 0 Å². The molecule has 0 unspecified atom stereocenters. The lowest BCUT2D eigenvalue weighted by Crippen LogP contribution is -2.31. The summed E-state index contributed by atoms with van der Waals surface area (Å²) >= 11 is 2.94. The van der Waals surface area contributed by atoms with Gasteiger partial charge >= 0.3 is 6.03 Å². The Morgan fingerprint density at radius 3 is 3.00 bits per heavy atom. The lowest BCUT2D eigenvalue weighted by Gasteiger charge is -2.11. The number of hydrogen-bond donors (Lipinski definition) is 2. The Morgan fingerprint density at radius 1 is 1.50 bits per heavy atom. The molecule has 3 N–H and O–H groups in total. The van der Waals surface area contributed by atoms with Crippen molar-refractivity contribution in [3.8, 4) is 0 Å². The molecule has 0 aromatic carbocycles. The van der Waals surface area contributed by atoms with Crippen molar-refractivity contribution in [2.45, 2.75) is 16.5 Å². The maximum absolute atomic E-state index is 10.8. The van der Waals surface area contributed by atoms with Gasteiger partial charge in [-0.3, -0.25) is 5.21 Å². The van der Waals surface area contributed by atoms with Crippen LogP contribution in [0.1, 0.15) is 4.88 Å². The largest absolute Gasteiger partial charge is 0.350 e. The summed E-state index contributed by atoms with van der Waals surface area (Å²) in [4.78, 5) is 16.8. The van der Waals surface area contributed by atoms with E-state index in [-0.39, 0.29) is 6.54 Å². The molecule has 2 aromatic rings. The smallest absolute Gasteiger partial charge is 0.338 e. The first-order valence-electron chi connectivity index (χ1n) is 5.08. The monoisotopic (exact) mass is 281 g/mol. The highest BCUT2D eigenvalue weighted by atomic mass is 32.2. The Hall–Kier alpha value is -1.57. The standard InChI is InChI=1S/C11H11N3O2S2/c12-11(15)14(16)7-9-8(4-6-17-9)18-10-3-1-2-5-13-10/h1-6,16H,7H2,(H2,12,15). The molecule has 0 bridgehead atoms. The number of carbonyl (C=O) groups is 1. The fourth-order valence-corrected chi connectivity index (χ4v) is 3.17. The van der Waals surface area contributed by atoms with E-state index in [9.17, 15) is 10.0 Å². The summed E-state index contributed by atoms with van der Waals surface area (Å²) in [7, 11) is 0. The minimum absolute atomic E-state index is 0.0855. The number of urea groups is 1. The average Bonchev–Trinajstić information content (AvgIpc) is 2.78. The number of nitrogens with zero attached hydrogens (tertiary/aromatic N) is 2. The fraction of sp³-hybridized carbons (Fsp3) is 0.0909. The molecule has 0 atom stereocenters. The van der Waals surface area contributed by atoms with Gasteiger partial charge in [0.05, 0.1) is 6.54 Å². The molecule has 0 spiro atoms. The van der Waals surface area contributed by atoms with Crippen molar-refractivity contribution in [1.29, 1.82) is 0 Å². The van der Waals surface area contributed by atoms with Crippen molar-refractivity contribution >= 4 is 29.1 Å². The molecule has 94 valence electrons. The van der Waals surface area contributed by atoms with Gasteiger partial charge in [0.15, 0.2) is 0 Å². The summed E-state index contributed by atoms with van der Waals surface area (Å²) in [5.41, 5.74) is 4.98. The molecule has 0 aliphatic carbocycles. The van der Waals surface area contributed by atoms with Crippen LogP contribution in [0.3, 0.4) is 0 Å². The highest BCUT2D eigenvalue weighted by Crippen LogP contribution is 2.32. The van der Waals surface area contributed by atoms with Crippen LogP contribution in [0.2, 0.25) is 0 Å². The number of aromatic nitrogens is 1. The predicted molar refractivity (Wildman–Crippen MR) is 69.6 cm³/mol. The number of hydroxylamine groups is 2. The van der Waals surface area contributed by atoms with Gasteiger partial charge in [0.25, 0.3) is 0 Å². The van der Waals surface area contributed by atoms with Crippen molar-refractivity contribution in [2.24, 2.45) is 5.73 Å². The zero-order valence-electron chi connectivity index (χ0n) is 9.31. The zero-order valence-corrected chi connectivity index (χ0v) is 10.9. The normalized spacial score (nSPS) is 10.3. The van der Waals surface area contributed by atoms with Crippen molar-refractivity contribution in [3.63, 3.8) is 0 Å². The molecule has 2 aromatic heterocycles. The summed E-state index contributed by atoms with van der Waals surface area (Å²) in [6, 6.07) is 6.72. The van der Waals surface area contributed by atoms with Gasteiger partial charge in [-0.05, 0) is 23.6 Å². The number of carbonyl (C=O) groups excluding carboxylic acids is 1. The van der Waals surface area contributed by atoms with Crippen LogP contribution >= 0.6 is 23.1 Å². The van der Waals surface area contributed by atoms with Gasteiger partial charge in [0.1, 0.15) is 5.03 Å². The van der Waals surface area contributed by atoms with E-state index < -0.39 is 6.03 Å². The first-order chi connectivity index (χ1) is 8.66. The number of nitrogens with two attached hydrogens (primary N) is 1. The minimum atomic E-state index is -0.864. The van der Waals surface area contributed by atoms with E-state index in [0.717, 1.165) is 14.8 Å². The molecule has 18 heavy (non-hydrogen) atoms. The lowest BCUT2D eigenvalue weighted by atomic mass is 10.4. The molecule has 2 rings (SSSR count). The Bertz CT molecular complexity index is 530. The van der Waals surface area contributed by atoms with Crippen LogP contribution in [0.15, 0.2) is 45.8 Å². The summed E-state index contributed by atoms with van der Waals surface area (Å²) in [5.74, 6) is 0. The van der Waals surface area contributed by atoms with Crippen molar-refractivity contribution < 1.29 is 10.0 Å². The minimum Gasteiger partial charge on any atom is -0.350 e. The van der Waals surface area contributed by atoms with E-state index in [0.29, 0.717) is 5.06 Å². The maximum Gasteiger partial charge on any atom is 0.338 e. The van der Waals surface area contributed by atoms with E-state index in [1.54, 1.807) is 6.20 Å². The molecular weight excluding hydrogens is 270 g/mol. The van der Waals surface area contributed by atoms with Crippen molar-refractivity contribution in [1.82, 2.24) is 10.0 Å². The SMILES string of the molecule is NC(=O)N(O)Cc1sccc1Sc1ccccn1. The Kier molecular flexibility index (Phi) is 4.19. The van der Waals surface area contributed by atoms with E-state index in [1.807, 2.05) is 29.6 Å². The van der Waals surface area contributed by atoms with Gasteiger partial charge < -0.3 is 5.73 Å². The van der Waals surface area contributed by atoms with Gasteiger partial charge in [-0.1, -0.05) is 17.8 Å². The molecule has 2 amide bonds. The van der Waals surface area contributed by atoms with E-state index in [1.165, 1.54) is 23.1 Å². The van der Waals surface area contributed by atoms with E-state index in [2.05, 4.69) is 4.98 Å². The summed E-state index contributed by atoms with van der Waals surface area (Å²) in [6.07, 6.45) is 1.72. The molecule has 0 aliphatic rings. The summed E-state index contributed by atoms with van der Waals surface area (Å²) in [6.45, 7) is 0.0855. The molecular formula is C11H11N3O2S2. The van der Waals surface area contributed by atoms with Crippen LogP contribution in [0.5, 0.6) is 0 Å². The Balaban J connectivity index is 2.11. The third-order valence-electron chi connectivity index (χ3n) is 2.10. The number of pyridine rings is 1. The van der Waals surface area contributed by atoms with E-state index in [4.69, 9.17) is 5.73 Å². The van der Waals surface area contributed by atoms with Crippen molar-refractivity contribution in [3.05, 3.63) is 40.7 Å². The number of primary amides is 1. The van der Waals surface area contributed by atoms with Crippen LogP contribution < -0.4 is 5.73 Å². The molecule has 0 saturated heterocycles. The zero-order chi connectivity index (χ0) is 13.0. The third-order valence-corrected chi connectivity index (χ3v) is 4.19. The predicted octanol–water partition coefficient (Wildman–Crippen LogP) is 2.56. The molecule has 0 fully saturated rings. The number of rotatable bonds is 4. The van der Waals surface area contributed by atoms with Crippen LogP contribution in [-0.2, 0) is 6.54 Å². The Labute approximate surface area is 112 Å². The van der Waals surface area contributed by atoms with Crippen LogP contribution in [0, 0.1) is 0 Å². The molecule has 7 heteroatoms. The third kappa shape index (κ3) is 3.22. The quantitative estimate of drug-likeness (QED) is 0.667. The molecule has 0 aliphatic heterocycles. The van der Waals surface area contributed by atoms with Crippen LogP contribution in [-0.4, -0.2) is 21.3 Å². The van der Waals surface area contributed by atoms with Crippen LogP contribution in [0.25, 0.3) is 0 Å². The summed E-state index contributed by atoms with van der Waals surface area (Å²) < 4.78 is 0. The number of hydrogen-bond acceptors (Lipinski definition) is 5. The maximum atomic E-state index is 10.8. The highest BCUT2D eigenvalue weighted by molar-refractivity contribution is 7.99. The first-order valence-corrected chi connectivity index (χ1v) is 6.77. The first kappa shape index (κ1) is 12.9. The second kappa shape index (κ2) is 5.85. The molecule has 0 radical (unpaired) electrons. The Morgan fingerprint density at radius 2 is 2.33 bits per heavy atom. The number of amides is 2.